The van der Waals surface area contributed by atoms with Crippen molar-refractivity contribution >= 4 is 23.7 Å². The van der Waals surface area contributed by atoms with E-state index in [-0.39, 0.29) is 18.0 Å². The number of carbonyl (C=O) groups excluding carboxylic acids is 3. The Bertz CT molecular complexity index is 895. The molecule has 2 heterocycles. The van der Waals surface area contributed by atoms with Crippen LogP contribution in [0.1, 0.15) is 13.0 Å². The first-order chi connectivity index (χ1) is 12.4. The van der Waals surface area contributed by atoms with Crippen LogP contribution in [0.15, 0.2) is 27.3 Å². The largest absolute Gasteiger partial charge is 0.467 e. The van der Waals surface area contributed by atoms with Gasteiger partial charge >= 0.3 is 17.9 Å². The number of nitrogens with one attached hydrogen (secondary N) is 1. The molecule has 26 heavy (non-hydrogen) atoms. The molecule has 11 nitrogen and oxygen atoms in total. The number of aromatic nitrogens is 2. The molecule has 0 saturated carbocycles. The lowest BCUT2D eigenvalue weighted by Gasteiger charge is -2.13. The normalized spacial score (nSPS) is 15.3. The molecule has 1 aliphatic heterocycles. The van der Waals surface area contributed by atoms with Crippen LogP contribution in [0.3, 0.4) is 0 Å². The highest BCUT2D eigenvalue weighted by Gasteiger charge is 2.43. The van der Waals surface area contributed by atoms with Crippen LogP contribution in [0.25, 0.3) is 5.82 Å². The summed E-state index contributed by atoms with van der Waals surface area (Å²) in [6.07, 6.45) is 0. The number of esters is 3. The molecule has 1 unspecified atom stereocenters. The fourth-order valence-corrected chi connectivity index (χ4v) is 2.51. The Balaban J connectivity index is 2.67. The molecule has 0 radical (unpaired) electrons. The minimum absolute atomic E-state index is 0.129. The van der Waals surface area contributed by atoms with E-state index in [0.29, 0.717) is 0 Å². The van der Waals surface area contributed by atoms with Gasteiger partial charge in [0.2, 0.25) is 0 Å². The lowest BCUT2D eigenvalue weighted by molar-refractivity contribution is -0.146. The molecule has 0 bridgehead atoms. The van der Waals surface area contributed by atoms with Gasteiger partial charge in [0.25, 0.3) is 11.1 Å². The first kappa shape index (κ1) is 19.0. The van der Waals surface area contributed by atoms with E-state index in [2.05, 4.69) is 14.8 Å². The Kier molecular flexibility index (Phi) is 5.60. The van der Waals surface area contributed by atoms with Gasteiger partial charge in [0.1, 0.15) is 17.9 Å². The number of hydrogen-bond acceptors (Lipinski definition) is 9. The van der Waals surface area contributed by atoms with Crippen molar-refractivity contribution in [1.82, 2.24) is 14.7 Å². The number of rotatable bonds is 6. The number of hydrogen-bond donors (Lipinski definition) is 1. The molecule has 1 N–H and O–H groups in total. The summed E-state index contributed by atoms with van der Waals surface area (Å²) in [7, 11) is 2.14. The Morgan fingerprint density at radius 2 is 1.77 bits per heavy atom. The molecular weight excluding hydrogens is 350 g/mol. The van der Waals surface area contributed by atoms with Crippen LogP contribution >= 0.6 is 0 Å². The summed E-state index contributed by atoms with van der Waals surface area (Å²) in [5, 5.41) is 2.56. The van der Waals surface area contributed by atoms with Crippen LogP contribution in [0.4, 0.5) is 0 Å². The second-order valence-electron chi connectivity index (χ2n) is 5.00. The van der Waals surface area contributed by atoms with Gasteiger partial charge in [-0.15, -0.1) is 0 Å². The van der Waals surface area contributed by atoms with E-state index in [1.807, 2.05) is 0 Å². The Labute approximate surface area is 146 Å². The van der Waals surface area contributed by atoms with Crippen LogP contribution < -0.4 is 16.4 Å². The third-order valence-corrected chi connectivity index (χ3v) is 3.54. The van der Waals surface area contributed by atoms with E-state index in [9.17, 15) is 24.0 Å². The SMILES string of the molecule is CCOC(=O)CNC1=C(C(=O)OC)C(C(=O)OC)n2c(=O)ccc(=O)n21. The highest BCUT2D eigenvalue weighted by atomic mass is 16.5. The van der Waals surface area contributed by atoms with Crippen LogP contribution in [0.5, 0.6) is 0 Å². The van der Waals surface area contributed by atoms with E-state index < -0.39 is 41.6 Å². The van der Waals surface area contributed by atoms with Gasteiger partial charge in [-0.25, -0.2) is 14.3 Å². The summed E-state index contributed by atoms with van der Waals surface area (Å²) >= 11 is 0. The fraction of sp³-hybridized carbons (Fsp3) is 0.400. The topological polar surface area (TPSA) is 135 Å². The van der Waals surface area contributed by atoms with Crippen molar-refractivity contribution in [3.8, 4) is 0 Å². The van der Waals surface area contributed by atoms with Gasteiger partial charge in [-0.05, 0) is 6.92 Å². The molecule has 1 atom stereocenters. The summed E-state index contributed by atoms with van der Waals surface area (Å²) in [4.78, 5) is 60.6. The van der Waals surface area contributed by atoms with E-state index in [1.54, 1.807) is 6.92 Å². The molecule has 0 aromatic carbocycles. The summed E-state index contributed by atoms with van der Waals surface area (Å²) in [6.45, 7) is 1.33. The molecule has 140 valence electrons. The standard InChI is InChI=1S/C15H17N3O8/c1-4-26-10(21)7-16-13-11(14(22)24-2)12(15(23)25-3)17-8(19)5-6-9(20)18(13)17/h5-6,12,16H,4,7H2,1-3H3. The molecule has 0 spiro atoms. The highest BCUT2D eigenvalue weighted by molar-refractivity contribution is 6.02. The van der Waals surface area contributed by atoms with Gasteiger partial charge in [-0.3, -0.25) is 14.4 Å². The zero-order chi connectivity index (χ0) is 19.4. The van der Waals surface area contributed by atoms with Crippen molar-refractivity contribution in [2.75, 3.05) is 27.4 Å². The van der Waals surface area contributed by atoms with E-state index in [4.69, 9.17) is 4.74 Å². The average molecular weight is 367 g/mol. The number of methoxy groups -OCH3 is 2. The monoisotopic (exact) mass is 367 g/mol. The van der Waals surface area contributed by atoms with Crippen LogP contribution in [-0.2, 0) is 28.6 Å². The third kappa shape index (κ3) is 3.23. The molecular formula is C15H17N3O8. The minimum Gasteiger partial charge on any atom is -0.467 e. The van der Waals surface area contributed by atoms with Crippen LogP contribution in [-0.4, -0.2) is 54.6 Å². The number of nitrogens with zero attached hydrogens (tertiary/aromatic N) is 2. The molecule has 1 aromatic rings. The number of fused-ring (bicyclic) bond motifs is 1. The van der Waals surface area contributed by atoms with E-state index in [1.165, 1.54) is 0 Å². The Morgan fingerprint density at radius 3 is 2.35 bits per heavy atom. The lowest BCUT2D eigenvalue weighted by atomic mass is 10.1. The van der Waals surface area contributed by atoms with Gasteiger partial charge < -0.3 is 19.5 Å². The van der Waals surface area contributed by atoms with E-state index >= 15 is 0 Å². The van der Waals surface area contributed by atoms with Gasteiger partial charge in [-0.2, -0.15) is 4.68 Å². The molecule has 1 aromatic heterocycles. The maximum atomic E-state index is 12.3. The first-order valence-electron chi connectivity index (χ1n) is 7.52. The van der Waals surface area contributed by atoms with Gasteiger partial charge in [0, 0.05) is 12.1 Å². The van der Waals surface area contributed by atoms with Crippen molar-refractivity contribution in [2.45, 2.75) is 13.0 Å². The summed E-state index contributed by atoms with van der Waals surface area (Å²) in [6, 6.07) is 0.385. The summed E-state index contributed by atoms with van der Waals surface area (Å²) < 4.78 is 15.6. The quantitative estimate of drug-likeness (QED) is 0.458. The molecule has 2 rings (SSSR count). The lowest BCUT2D eigenvalue weighted by Crippen LogP contribution is -2.40. The van der Waals surface area contributed by atoms with Crippen molar-refractivity contribution in [3.05, 3.63) is 38.4 Å². The maximum Gasteiger partial charge on any atom is 0.340 e. The maximum absolute atomic E-state index is 12.3. The minimum atomic E-state index is -1.54. The fourth-order valence-electron chi connectivity index (χ4n) is 2.51. The predicted octanol–water partition coefficient (Wildman–Crippen LogP) is -1.77. The molecule has 0 aliphatic carbocycles. The molecule has 0 amide bonds. The van der Waals surface area contributed by atoms with E-state index in [0.717, 1.165) is 35.7 Å². The smallest absolute Gasteiger partial charge is 0.340 e. The second kappa shape index (κ2) is 7.68. The van der Waals surface area contributed by atoms with Crippen LogP contribution in [0.2, 0.25) is 0 Å². The average Bonchev–Trinajstić information content (AvgIpc) is 2.98. The number of ether oxygens (including phenoxy) is 3. The first-order valence-corrected chi connectivity index (χ1v) is 7.52. The van der Waals surface area contributed by atoms with Gasteiger partial charge in [0.15, 0.2) is 6.04 Å². The second-order valence-corrected chi connectivity index (χ2v) is 5.00. The van der Waals surface area contributed by atoms with Crippen molar-refractivity contribution in [3.63, 3.8) is 0 Å². The number of carbonyl (C=O) groups is 3. The Hall–Kier alpha value is -3.37. The molecule has 1 aliphatic rings. The van der Waals surface area contributed by atoms with Gasteiger partial charge in [-0.1, -0.05) is 0 Å². The molecule has 0 fully saturated rings. The predicted molar refractivity (Wildman–Crippen MR) is 85.9 cm³/mol. The third-order valence-electron chi connectivity index (χ3n) is 3.54. The molecule has 11 heteroatoms. The zero-order valence-electron chi connectivity index (χ0n) is 14.3. The van der Waals surface area contributed by atoms with Crippen LogP contribution in [0, 0.1) is 0 Å². The summed E-state index contributed by atoms with van der Waals surface area (Å²) in [5.74, 6) is -2.83. The highest BCUT2D eigenvalue weighted by Crippen LogP contribution is 2.29. The molecule has 0 saturated heterocycles. The van der Waals surface area contributed by atoms with Crippen molar-refractivity contribution in [2.24, 2.45) is 0 Å². The Morgan fingerprint density at radius 1 is 1.12 bits per heavy atom. The summed E-state index contributed by atoms with van der Waals surface area (Å²) in [5.41, 5.74) is -1.77. The zero-order valence-corrected chi connectivity index (χ0v) is 14.3. The van der Waals surface area contributed by atoms with Gasteiger partial charge in [0.05, 0.1) is 20.8 Å². The van der Waals surface area contributed by atoms with Crippen molar-refractivity contribution in [1.29, 1.82) is 0 Å². The van der Waals surface area contributed by atoms with Crippen molar-refractivity contribution < 1.29 is 28.6 Å².